The Morgan fingerprint density at radius 3 is 2.46 bits per heavy atom. The summed E-state index contributed by atoms with van der Waals surface area (Å²) in [7, 11) is 0. The Hall–Kier alpha value is -0.590. The van der Waals surface area contributed by atoms with E-state index in [2.05, 4.69) is 34.6 Å². The summed E-state index contributed by atoms with van der Waals surface area (Å²) >= 11 is 0. The predicted octanol–water partition coefficient (Wildman–Crippen LogP) is 7.31. The maximum absolute atomic E-state index is 11.4. The van der Waals surface area contributed by atoms with Crippen molar-refractivity contribution in [3.8, 4) is 0 Å². The van der Waals surface area contributed by atoms with Crippen molar-refractivity contribution in [1.29, 1.82) is 0 Å². The van der Waals surface area contributed by atoms with E-state index in [0.717, 1.165) is 47.7 Å². The summed E-state index contributed by atoms with van der Waals surface area (Å²) in [5, 5.41) is 0. The second kappa shape index (κ2) is 7.92. The highest BCUT2D eigenvalue weighted by atomic mass is 16.1. The van der Waals surface area contributed by atoms with Gasteiger partial charge in [-0.25, -0.2) is 0 Å². The third-order valence-corrected chi connectivity index (χ3v) is 10.4. The van der Waals surface area contributed by atoms with Crippen LogP contribution in [0.5, 0.6) is 0 Å². The van der Waals surface area contributed by atoms with Gasteiger partial charge in [-0.2, -0.15) is 0 Å². The van der Waals surface area contributed by atoms with Crippen LogP contribution in [0.1, 0.15) is 92.4 Å². The number of carbonyl (C=O) groups is 1. The summed E-state index contributed by atoms with van der Waals surface area (Å²) in [6, 6.07) is 0. The third-order valence-electron chi connectivity index (χ3n) is 10.4. The molecule has 0 N–H and O–H groups in total. The Morgan fingerprint density at radius 1 is 1.04 bits per heavy atom. The van der Waals surface area contributed by atoms with E-state index in [0.29, 0.717) is 17.3 Å². The standard InChI is InChI=1S/C27H44O/c1-6-9-11-24-22-16-23(22)26-25-18(5)17(4)19(13-15-28)20(10-7-2)21(25)12-14-27(24,26)8-3/h13,15,17-18,20-26H,6-12,14,16H2,1-5H3/b19-13-. The lowest BCUT2D eigenvalue weighted by atomic mass is 9.45. The summed E-state index contributed by atoms with van der Waals surface area (Å²) < 4.78 is 0. The smallest absolute Gasteiger partial charge is 0.142 e. The average Bonchev–Trinajstić information content (AvgIpc) is 3.43. The Kier molecular flexibility index (Phi) is 5.85. The maximum Gasteiger partial charge on any atom is 0.142 e. The Bertz CT molecular complexity index is 605. The Labute approximate surface area is 174 Å². The summed E-state index contributed by atoms with van der Waals surface area (Å²) in [6.07, 6.45) is 15.7. The first-order chi connectivity index (χ1) is 13.6. The largest absolute Gasteiger partial charge is 0.299 e. The average molecular weight is 385 g/mol. The minimum atomic E-state index is 0.586. The Balaban J connectivity index is 1.70. The second-order valence-electron chi connectivity index (χ2n) is 11.1. The minimum Gasteiger partial charge on any atom is -0.299 e. The van der Waals surface area contributed by atoms with E-state index in [9.17, 15) is 4.79 Å². The molecular weight excluding hydrogens is 340 g/mol. The van der Waals surface area contributed by atoms with Crippen molar-refractivity contribution in [3.63, 3.8) is 0 Å². The summed E-state index contributed by atoms with van der Waals surface area (Å²) in [4.78, 5) is 11.4. The van der Waals surface area contributed by atoms with Gasteiger partial charge in [0.1, 0.15) is 6.29 Å². The number of hydrogen-bond acceptors (Lipinski definition) is 1. The molecule has 4 aliphatic rings. The topological polar surface area (TPSA) is 17.1 Å². The molecule has 4 fully saturated rings. The molecule has 0 spiro atoms. The zero-order valence-corrected chi connectivity index (χ0v) is 19.1. The molecule has 4 aliphatic carbocycles. The van der Waals surface area contributed by atoms with Gasteiger partial charge < -0.3 is 0 Å². The highest BCUT2D eigenvalue weighted by Crippen LogP contribution is 2.76. The third kappa shape index (κ3) is 2.89. The van der Waals surface area contributed by atoms with Crippen molar-refractivity contribution in [2.45, 2.75) is 92.4 Å². The molecule has 0 radical (unpaired) electrons. The molecule has 4 saturated carbocycles. The van der Waals surface area contributed by atoms with Crippen LogP contribution in [0.2, 0.25) is 0 Å². The predicted molar refractivity (Wildman–Crippen MR) is 118 cm³/mol. The van der Waals surface area contributed by atoms with Gasteiger partial charge in [-0.1, -0.05) is 59.5 Å². The molecule has 0 aromatic rings. The number of aldehydes is 1. The monoisotopic (exact) mass is 384 g/mol. The van der Waals surface area contributed by atoms with E-state index in [1.165, 1.54) is 56.9 Å². The van der Waals surface area contributed by atoms with Crippen LogP contribution in [-0.4, -0.2) is 6.29 Å². The number of fused-ring (bicyclic) bond motifs is 5. The number of rotatable bonds is 7. The van der Waals surface area contributed by atoms with Crippen LogP contribution in [0.25, 0.3) is 0 Å². The van der Waals surface area contributed by atoms with Gasteiger partial charge in [0.2, 0.25) is 0 Å². The molecule has 0 aliphatic heterocycles. The van der Waals surface area contributed by atoms with Crippen molar-refractivity contribution in [2.24, 2.45) is 58.7 Å². The molecule has 28 heavy (non-hydrogen) atoms. The molecule has 1 heteroatoms. The van der Waals surface area contributed by atoms with Crippen LogP contribution in [0.4, 0.5) is 0 Å². The summed E-state index contributed by atoms with van der Waals surface area (Å²) in [6.45, 7) is 12.2. The van der Waals surface area contributed by atoms with E-state index in [1.54, 1.807) is 6.42 Å². The molecule has 0 bridgehead atoms. The van der Waals surface area contributed by atoms with Crippen LogP contribution >= 0.6 is 0 Å². The van der Waals surface area contributed by atoms with E-state index >= 15 is 0 Å². The highest BCUT2D eigenvalue weighted by Gasteiger charge is 2.70. The maximum atomic E-state index is 11.4. The lowest BCUT2D eigenvalue weighted by Crippen LogP contribution is -2.53. The SMILES string of the molecule is CCCCC1C2CC2C2C3C(C)C(C)/C(=C/C=O)C(CCC)C3CCC12CC. The molecule has 1 nitrogen and oxygen atoms in total. The normalized spacial score (nSPS) is 50.8. The van der Waals surface area contributed by atoms with Gasteiger partial charge in [0.05, 0.1) is 0 Å². The van der Waals surface area contributed by atoms with Gasteiger partial charge in [0.25, 0.3) is 0 Å². The molecule has 4 rings (SSSR count). The van der Waals surface area contributed by atoms with Gasteiger partial charge in [0.15, 0.2) is 0 Å². The number of hydrogen-bond donors (Lipinski definition) is 0. The molecule has 0 aromatic heterocycles. The first kappa shape index (κ1) is 20.7. The van der Waals surface area contributed by atoms with Crippen molar-refractivity contribution >= 4 is 6.29 Å². The van der Waals surface area contributed by atoms with Gasteiger partial charge >= 0.3 is 0 Å². The quantitative estimate of drug-likeness (QED) is 0.332. The molecule has 10 atom stereocenters. The second-order valence-corrected chi connectivity index (χ2v) is 11.1. The molecule has 0 saturated heterocycles. The van der Waals surface area contributed by atoms with Crippen molar-refractivity contribution in [1.82, 2.24) is 0 Å². The van der Waals surface area contributed by atoms with Gasteiger partial charge in [0, 0.05) is 0 Å². The van der Waals surface area contributed by atoms with Crippen LogP contribution < -0.4 is 0 Å². The van der Waals surface area contributed by atoms with Crippen LogP contribution in [-0.2, 0) is 4.79 Å². The molecule has 0 heterocycles. The van der Waals surface area contributed by atoms with Crippen molar-refractivity contribution < 1.29 is 4.79 Å². The lowest BCUT2D eigenvalue weighted by molar-refractivity contribution is -0.104. The van der Waals surface area contributed by atoms with Crippen LogP contribution in [0, 0.1) is 58.7 Å². The number of carbonyl (C=O) groups excluding carboxylic acids is 1. The fourth-order valence-electron chi connectivity index (χ4n) is 9.18. The molecule has 0 aromatic carbocycles. The van der Waals surface area contributed by atoms with Crippen LogP contribution in [0.3, 0.4) is 0 Å². The van der Waals surface area contributed by atoms with E-state index in [4.69, 9.17) is 0 Å². The first-order valence-corrected chi connectivity index (χ1v) is 12.7. The zero-order chi connectivity index (χ0) is 20.1. The van der Waals surface area contributed by atoms with Gasteiger partial charge in [-0.15, -0.1) is 0 Å². The van der Waals surface area contributed by atoms with E-state index < -0.39 is 0 Å². The summed E-state index contributed by atoms with van der Waals surface area (Å²) in [5.74, 6) is 7.86. The Morgan fingerprint density at radius 2 is 1.82 bits per heavy atom. The van der Waals surface area contributed by atoms with Crippen LogP contribution in [0.15, 0.2) is 11.6 Å². The number of allylic oxidation sites excluding steroid dienone is 2. The van der Waals surface area contributed by atoms with Crippen molar-refractivity contribution in [3.05, 3.63) is 11.6 Å². The summed E-state index contributed by atoms with van der Waals surface area (Å²) in [5.41, 5.74) is 2.16. The zero-order valence-electron chi connectivity index (χ0n) is 19.1. The fourth-order valence-corrected chi connectivity index (χ4v) is 9.18. The number of unbranched alkanes of at least 4 members (excludes halogenated alkanes) is 1. The molecule has 158 valence electrons. The molecular formula is C27H44O. The van der Waals surface area contributed by atoms with Crippen molar-refractivity contribution in [2.75, 3.05) is 0 Å². The lowest BCUT2D eigenvalue weighted by Gasteiger charge is -2.59. The minimum absolute atomic E-state index is 0.586. The molecule has 10 unspecified atom stereocenters. The van der Waals surface area contributed by atoms with E-state index in [-0.39, 0.29) is 0 Å². The highest BCUT2D eigenvalue weighted by molar-refractivity contribution is 5.66. The van der Waals surface area contributed by atoms with Gasteiger partial charge in [-0.3, -0.25) is 4.79 Å². The van der Waals surface area contributed by atoms with Gasteiger partial charge in [-0.05, 0) is 103 Å². The molecule has 0 amide bonds. The fraction of sp³-hybridized carbons (Fsp3) is 0.889. The van der Waals surface area contributed by atoms with E-state index in [1.807, 2.05) is 6.08 Å². The first-order valence-electron chi connectivity index (χ1n) is 12.7.